The van der Waals surface area contributed by atoms with E-state index < -0.39 is 7.60 Å². The van der Waals surface area contributed by atoms with Crippen LogP contribution >= 0.6 is 7.60 Å². The Bertz CT molecular complexity index is 181. The molecule has 0 rings (SSSR count). The van der Waals surface area contributed by atoms with Gasteiger partial charge >= 0.3 is 59.1 Å². The number of nitriles is 1. The summed E-state index contributed by atoms with van der Waals surface area (Å²) in [6.45, 7) is 0. The number of allylic oxidation sites excluding steroid dienone is 1. The molecular weight excluding hydrogens is 175 g/mol. The monoisotopic (exact) mass is 177 g/mol. The minimum Gasteiger partial charge on any atom is -0.808 e. The average molecular weight is 177 g/mol. The predicted molar refractivity (Wildman–Crippen MR) is 22.4 cm³/mol. The summed E-state index contributed by atoms with van der Waals surface area (Å²) in [5.41, 5.74) is 0. The van der Waals surface area contributed by atoms with Crippen molar-refractivity contribution in [2.45, 2.75) is 0 Å². The van der Waals surface area contributed by atoms with Gasteiger partial charge in [0.2, 0.25) is 0 Å². The van der Waals surface area contributed by atoms with E-state index in [1.165, 1.54) is 6.07 Å². The third-order valence-corrected chi connectivity index (χ3v) is 0.846. The van der Waals surface area contributed by atoms with Crippen LogP contribution in [0.15, 0.2) is 11.9 Å². The minimum atomic E-state index is -4.59. The zero-order chi connectivity index (χ0) is 6.62. The van der Waals surface area contributed by atoms with Crippen LogP contribution in [0.1, 0.15) is 0 Å². The Balaban J connectivity index is -0.000000245. The molecule has 0 saturated heterocycles. The van der Waals surface area contributed by atoms with E-state index in [2.05, 4.69) is 0 Å². The standard InChI is InChI=1S/C3H4NO3P.2Na/c4-2-1-3-8(5,6)7;;/h1,3H,(H2,5,6,7);;/q;2*+1/p-2/b3-1+;;. The summed E-state index contributed by atoms with van der Waals surface area (Å²) >= 11 is 0. The van der Waals surface area contributed by atoms with Crippen molar-refractivity contribution >= 4 is 7.60 Å². The van der Waals surface area contributed by atoms with Crippen LogP contribution in [-0.2, 0) is 4.57 Å². The van der Waals surface area contributed by atoms with Crippen molar-refractivity contribution in [2.24, 2.45) is 0 Å². The molecule has 0 bridgehead atoms. The maximum absolute atomic E-state index is 9.62. The summed E-state index contributed by atoms with van der Waals surface area (Å²) < 4.78 is 9.62. The smallest absolute Gasteiger partial charge is 0.808 e. The number of nitrogens with zero attached hydrogens (tertiary/aromatic N) is 1. The first-order valence-electron chi connectivity index (χ1n) is 1.65. The van der Waals surface area contributed by atoms with E-state index in [0.29, 0.717) is 11.9 Å². The molecule has 0 radical (unpaired) electrons. The Labute approximate surface area is 103 Å². The van der Waals surface area contributed by atoms with Crippen LogP contribution < -0.4 is 68.9 Å². The van der Waals surface area contributed by atoms with Crippen LogP contribution in [-0.4, -0.2) is 0 Å². The normalized spacial score (nSPS) is 9.30. The van der Waals surface area contributed by atoms with E-state index in [4.69, 9.17) is 5.26 Å². The van der Waals surface area contributed by atoms with E-state index in [1.807, 2.05) is 0 Å². The molecule has 0 aromatic rings. The summed E-state index contributed by atoms with van der Waals surface area (Å²) in [4.78, 5) is 19.2. The van der Waals surface area contributed by atoms with Crippen LogP contribution in [0.3, 0.4) is 0 Å². The molecule has 0 N–H and O–H groups in total. The first-order valence-corrected chi connectivity index (χ1v) is 3.26. The molecule has 4 nitrogen and oxygen atoms in total. The summed E-state index contributed by atoms with van der Waals surface area (Å²) in [5.74, 6) is 0.326. The second-order valence-corrected chi connectivity index (χ2v) is 2.36. The van der Waals surface area contributed by atoms with Gasteiger partial charge in [-0.05, 0) is 13.4 Å². The van der Waals surface area contributed by atoms with E-state index >= 15 is 0 Å². The summed E-state index contributed by atoms with van der Waals surface area (Å²) in [6, 6.07) is 1.37. The van der Waals surface area contributed by atoms with Gasteiger partial charge in [0, 0.05) is 6.08 Å². The van der Waals surface area contributed by atoms with Gasteiger partial charge in [0.05, 0.1) is 6.07 Å². The van der Waals surface area contributed by atoms with Gasteiger partial charge in [0.25, 0.3) is 0 Å². The molecule has 0 fully saturated rings. The Morgan fingerprint density at radius 1 is 1.40 bits per heavy atom. The first-order chi connectivity index (χ1) is 3.56. The average Bonchev–Trinajstić information content (AvgIpc) is 1.59. The molecular formula is C3H2NNa2O3P. The maximum atomic E-state index is 9.62. The van der Waals surface area contributed by atoms with E-state index in [9.17, 15) is 14.4 Å². The number of rotatable bonds is 1. The molecule has 0 aromatic carbocycles. The third-order valence-electron chi connectivity index (χ3n) is 0.332. The molecule has 7 heteroatoms. The van der Waals surface area contributed by atoms with Crippen LogP contribution in [0.4, 0.5) is 0 Å². The molecule has 0 aliphatic heterocycles. The third kappa shape index (κ3) is 16.2. The Hall–Kier alpha value is 1.38. The molecule has 0 amide bonds. The summed E-state index contributed by atoms with van der Waals surface area (Å²) in [6.07, 6.45) is 0.626. The van der Waals surface area contributed by atoms with E-state index in [0.717, 1.165) is 0 Å². The van der Waals surface area contributed by atoms with Crippen LogP contribution in [0.5, 0.6) is 0 Å². The number of hydrogen-bond acceptors (Lipinski definition) is 4. The fraction of sp³-hybridized carbons (Fsp3) is 0. The second kappa shape index (κ2) is 8.48. The Morgan fingerprint density at radius 2 is 1.80 bits per heavy atom. The first kappa shape index (κ1) is 17.5. The fourth-order valence-corrected chi connectivity index (χ4v) is 0.374. The van der Waals surface area contributed by atoms with Crippen molar-refractivity contribution in [3.8, 4) is 6.07 Å². The quantitative estimate of drug-likeness (QED) is 0.226. The van der Waals surface area contributed by atoms with Crippen molar-refractivity contribution < 1.29 is 73.5 Å². The van der Waals surface area contributed by atoms with Gasteiger partial charge in [-0.25, -0.2) is 0 Å². The van der Waals surface area contributed by atoms with Crippen LogP contribution in [0.2, 0.25) is 0 Å². The minimum absolute atomic E-state index is 0. The van der Waals surface area contributed by atoms with Crippen molar-refractivity contribution in [2.75, 3.05) is 0 Å². The molecule has 0 unspecified atom stereocenters. The van der Waals surface area contributed by atoms with E-state index in [-0.39, 0.29) is 59.1 Å². The molecule has 10 heavy (non-hydrogen) atoms. The van der Waals surface area contributed by atoms with Gasteiger partial charge in [-0.3, -0.25) is 0 Å². The van der Waals surface area contributed by atoms with Gasteiger partial charge in [-0.2, -0.15) is 5.26 Å². The maximum Gasteiger partial charge on any atom is 1.00 e. The summed E-state index contributed by atoms with van der Waals surface area (Å²) in [5, 5.41) is 7.69. The zero-order valence-electron chi connectivity index (χ0n) is 5.77. The van der Waals surface area contributed by atoms with Crippen molar-refractivity contribution in [1.82, 2.24) is 0 Å². The molecule has 44 valence electrons. The van der Waals surface area contributed by atoms with Crippen LogP contribution in [0, 0.1) is 11.3 Å². The van der Waals surface area contributed by atoms with Gasteiger partial charge in [-0.15, -0.1) is 0 Å². The topological polar surface area (TPSA) is 87.0 Å². The molecule has 0 spiro atoms. The van der Waals surface area contributed by atoms with Gasteiger partial charge in [0.1, 0.15) is 0 Å². The van der Waals surface area contributed by atoms with Crippen LogP contribution in [0.25, 0.3) is 0 Å². The summed E-state index contributed by atoms with van der Waals surface area (Å²) in [7, 11) is -4.59. The molecule has 0 saturated carbocycles. The Morgan fingerprint density at radius 3 is 1.90 bits per heavy atom. The van der Waals surface area contributed by atoms with Crippen molar-refractivity contribution in [1.29, 1.82) is 5.26 Å². The number of hydrogen-bond donors (Lipinski definition) is 0. The van der Waals surface area contributed by atoms with Crippen molar-refractivity contribution in [3.05, 3.63) is 11.9 Å². The predicted octanol–water partition coefficient (Wildman–Crippen LogP) is -7.05. The molecule has 0 atom stereocenters. The molecule has 0 heterocycles. The molecule has 0 aliphatic carbocycles. The largest absolute Gasteiger partial charge is 1.00 e. The van der Waals surface area contributed by atoms with Gasteiger partial charge in [-0.1, -0.05) is 0 Å². The molecule has 0 aromatic heterocycles. The van der Waals surface area contributed by atoms with Crippen molar-refractivity contribution in [3.63, 3.8) is 0 Å². The zero-order valence-corrected chi connectivity index (χ0v) is 10.7. The SMILES string of the molecule is N#C/C=C/P(=O)([O-])[O-].[Na+].[Na+]. The van der Waals surface area contributed by atoms with Gasteiger partial charge < -0.3 is 14.4 Å². The Kier molecular flexibility index (Phi) is 14.8. The van der Waals surface area contributed by atoms with E-state index in [1.54, 1.807) is 0 Å². The van der Waals surface area contributed by atoms with Gasteiger partial charge in [0.15, 0.2) is 0 Å². The second-order valence-electron chi connectivity index (χ2n) is 0.985. The fourth-order valence-electron chi connectivity index (χ4n) is 0.125. The molecule has 0 aliphatic rings.